The monoisotopic (exact) mass is 139 g/mol. The number of aromatic amines is 1. The van der Waals surface area contributed by atoms with Crippen LogP contribution in [0.15, 0.2) is 6.20 Å². The number of nitrogens with zero attached hydrogens (tertiary/aromatic N) is 3. The molecule has 0 bridgehead atoms. The van der Waals surface area contributed by atoms with Crippen molar-refractivity contribution in [2.24, 2.45) is 0 Å². The van der Waals surface area contributed by atoms with E-state index < -0.39 is 0 Å². The van der Waals surface area contributed by atoms with Crippen LogP contribution in [0.3, 0.4) is 0 Å². The molecule has 1 N–H and O–H groups in total. The van der Waals surface area contributed by atoms with Crippen molar-refractivity contribution in [3.63, 3.8) is 0 Å². The van der Waals surface area contributed by atoms with Crippen molar-refractivity contribution in [2.45, 2.75) is 6.92 Å². The highest BCUT2D eigenvalue weighted by Gasteiger charge is 2.04. The molecule has 0 unspecified atom stereocenters. The van der Waals surface area contributed by atoms with E-state index in [0.29, 0.717) is 12.4 Å². The van der Waals surface area contributed by atoms with Crippen LogP contribution in [0.1, 0.15) is 6.92 Å². The van der Waals surface area contributed by atoms with E-state index in [1.807, 2.05) is 6.92 Å². The minimum Gasteiger partial charge on any atom is -0.286 e. The van der Waals surface area contributed by atoms with Crippen molar-refractivity contribution < 1.29 is 4.79 Å². The Balaban J connectivity index is 2.73. The van der Waals surface area contributed by atoms with E-state index in [1.54, 1.807) is 6.41 Å². The smallest absolute Gasteiger partial charge is 0.286 e. The summed E-state index contributed by atoms with van der Waals surface area (Å²) in [4.78, 5) is 11.5. The molecule has 10 heavy (non-hydrogen) atoms. The molecule has 0 aliphatic rings. The summed E-state index contributed by atoms with van der Waals surface area (Å²) in [5.41, 5.74) is 0. The third-order valence-corrected chi connectivity index (χ3v) is 1.11. The Morgan fingerprint density at radius 1 is 1.90 bits per heavy atom. The Bertz CT molecular complexity index is 195. The molecule has 53 valence electrons. The third kappa shape index (κ3) is 1.12. The summed E-state index contributed by atoms with van der Waals surface area (Å²) in [5, 5.41) is 9.56. The van der Waals surface area contributed by atoms with Crippen molar-refractivity contribution in [3.05, 3.63) is 6.20 Å². The zero-order chi connectivity index (χ0) is 7.40. The van der Waals surface area contributed by atoms with E-state index in [-0.39, 0.29) is 0 Å². The number of anilines is 1. The second-order valence-corrected chi connectivity index (χ2v) is 1.67. The molecule has 5 nitrogen and oxygen atoms in total. The highest BCUT2D eigenvalue weighted by Crippen LogP contribution is 2.02. The van der Waals surface area contributed by atoms with Crippen LogP contribution in [-0.4, -0.2) is 28.4 Å². The van der Waals surface area contributed by atoms with Gasteiger partial charge in [-0.05, 0) is 6.92 Å². The average molecular weight is 139 g/mol. The van der Waals surface area contributed by atoms with Gasteiger partial charge < -0.3 is 0 Å². The van der Waals surface area contributed by atoms with Crippen LogP contribution in [0.4, 0.5) is 5.82 Å². The standard InChI is InChI=1S/C5H7N4O/c1-2-9(4-10)5-3-6-8-7-5/h3H,2H2,1H3,(H,6,7,8). The fraction of sp³-hybridized carbons (Fsp3) is 0.400. The average Bonchev–Trinajstić information content (AvgIpc) is 2.43. The highest BCUT2D eigenvalue weighted by atomic mass is 16.1. The first-order chi connectivity index (χ1) is 4.88. The number of rotatable bonds is 3. The summed E-state index contributed by atoms with van der Waals surface area (Å²) in [6.45, 7) is 2.38. The second-order valence-electron chi connectivity index (χ2n) is 1.67. The molecular formula is C5H7N4O. The molecule has 0 saturated carbocycles. The van der Waals surface area contributed by atoms with Gasteiger partial charge in [0.05, 0.1) is 6.20 Å². The van der Waals surface area contributed by atoms with E-state index in [1.165, 1.54) is 11.1 Å². The van der Waals surface area contributed by atoms with Gasteiger partial charge in [0.15, 0.2) is 5.82 Å². The molecule has 0 aliphatic heterocycles. The van der Waals surface area contributed by atoms with E-state index in [4.69, 9.17) is 0 Å². The highest BCUT2D eigenvalue weighted by molar-refractivity contribution is 5.72. The Hall–Kier alpha value is -1.39. The molecule has 1 radical (unpaired) electrons. The van der Waals surface area contributed by atoms with Crippen LogP contribution in [0, 0.1) is 0 Å². The van der Waals surface area contributed by atoms with E-state index in [0.717, 1.165) is 0 Å². The molecule has 1 rings (SSSR count). The van der Waals surface area contributed by atoms with Gasteiger partial charge in [-0.3, -0.25) is 14.8 Å². The molecule has 5 heteroatoms. The second kappa shape index (κ2) is 2.95. The summed E-state index contributed by atoms with van der Waals surface area (Å²) in [5.74, 6) is 0.498. The first-order valence-corrected chi connectivity index (χ1v) is 2.90. The lowest BCUT2D eigenvalue weighted by Crippen LogP contribution is -2.20. The molecule has 0 aliphatic carbocycles. The predicted octanol–water partition coefficient (Wildman–Crippen LogP) is -0.302. The van der Waals surface area contributed by atoms with E-state index >= 15 is 0 Å². The lowest BCUT2D eigenvalue weighted by atomic mass is 10.6. The first kappa shape index (κ1) is 6.73. The van der Waals surface area contributed by atoms with Gasteiger partial charge in [-0.15, -0.1) is 5.10 Å². The van der Waals surface area contributed by atoms with Crippen molar-refractivity contribution >= 4 is 12.2 Å². The van der Waals surface area contributed by atoms with Crippen molar-refractivity contribution in [1.29, 1.82) is 0 Å². The number of hydrogen-bond donors (Lipinski definition) is 1. The molecular weight excluding hydrogens is 132 g/mol. The van der Waals surface area contributed by atoms with E-state index in [2.05, 4.69) is 15.4 Å². The van der Waals surface area contributed by atoms with Crippen molar-refractivity contribution in [3.8, 4) is 0 Å². The molecule has 1 heterocycles. The maximum absolute atomic E-state index is 10.2. The van der Waals surface area contributed by atoms with Gasteiger partial charge in [-0.25, -0.2) is 0 Å². The molecule has 0 aromatic carbocycles. The van der Waals surface area contributed by atoms with Gasteiger partial charge in [0.25, 0.3) is 0 Å². The maximum Gasteiger partial charge on any atom is 0.318 e. The van der Waals surface area contributed by atoms with Gasteiger partial charge in [0, 0.05) is 6.54 Å². The quantitative estimate of drug-likeness (QED) is 0.585. The molecule has 0 spiro atoms. The first-order valence-electron chi connectivity index (χ1n) is 2.90. The maximum atomic E-state index is 10.2. The summed E-state index contributed by atoms with van der Waals surface area (Å²) in [7, 11) is 0. The summed E-state index contributed by atoms with van der Waals surface area (Å²) in [6.07, 6.45) is 3.25. The van der Waals surface area contributed by atoms with Crippen LogP contribution in [-0.2, 0) is 4.79 Å². The zero-order valence-corrected chi connectivity index (χ0v) is 5.53. The molecule has 1 amide bonds. The van der Waals surface area contributed by atoms with Crippen molar-refractivity contribution in [1.82, 2.24) is 15.4 Å². The summed E-state index contributed by atoms with van der Waals surface area (Å²) >= 11 is 0. The van der Waals surface area contributed by atoms with Crippen LogP contribution < -0.4 is 4.90 Å². The number of amides is 1. The number of nitrogens with one attached hydrogen (secondary N) is 1. The molecule has 0 fully saturated rings. The molecule has 0 saturated heterocycles. The number of aromatic nitrogens is 3. The minimum atomic E-state index is 0.498. The topological polar surface area (TPSA) is 61.9 Å². The van der Waals surface area contributed by atoms with Crippen LogP contribution in [0.2, 0.25) is 0 Å². The van der Waals surface area contributed by atoms with E-state index in [9.17, 15) is 4.79 Å². The lowest BCUT2D eigenvalue weighted by molar-refractivity contribution is 0.551. The van der Waals surface area contributed by atoms with Gasteiger partial charge in [-0.1, -0.05) is 5.21 Å². The van der Waals surface area contributed by atoms with Crippen LogP contribution in [0.5, 0.6) is 0 Å². The fourth-order valence-corrected chi connectivity index (χ4v) is 0.601. The van der Waals surface area contributed by atoms with Crippen LogP contribution >= 0.6 is 0 Å². The zero-order valence-electron chi connectivity index (χ0n) is 5.53. The Kier molecular flexibility index (Phi) is 1.99. The van der Waals surface area contributed by atoms with Crippen LogP contribution in [0.25, 0.3) is 0 Å². The molecule has 0 atom stereocenters. The summed E-state index contributed by atoms with van der Waals surface area (Å²) in [6, 6.07) is 0. The van der Waals surface area contributed by atoms with Gasteiger partial charge in [0.1, 0.15) is 0 Å². The number of carbonyl (C=O) groups excluding carboxylic acids is 1. The van der Waals surface area contributed by atoms with Crippen molar-refractivity contribution in [2.75, 3.05) is 11.4 Å². The minimum absolute atomic E-state index is 0.498. The predicted molar refractivity (Wildman–Crippen MR) is 35.1 cm³/mol. The summed E-state index contributed by atoms with van der Waals surface area (Å²) < 4.78 is 0. The Labute approximate surface area is 58.0 Å². The number of hydrogen-bond acceptors (Lipinski definition) is 3. The Morgan fingerprint density at radius 2 is 2.70 bits per heavy atom. The van der Waals surface area contributed by atoms with Gasteiger partial charge >= 0.3 is 6.41 Å². The van der Waals surface area contributed by atoms with Gasteiger partial charge in [0.2, 0.25) is 0 Å². The fourth-order valence-electron chi connectivity index (χ4n) is 0.601. The molecule has 1 aromatic rings. The third-order valence-electron chi connectivity index (χ3n) is 1.11. The number of H-pyrrole nitrogens is 1. The lowest BCUT2D eigenvalue weighted by Gasteiger charge is -2.06. The SMILES string of the molecule is CCN([C]=O)c1c[nH]nn1. The molecule has 1 aromatic heterocycles. The normalized spacial score (nSPS) is 9.30. The largest absolute Gasteiger partial charge is 0.318 e. The van der Waals surface area contributed by atoms with Gasteiger partial charge in [-0.2, -0.15) is 0 Å². The Morgan fingerprint density at radius 3 is 3.10 bits per heavy atom.